The second-order valence-electron chi connectivity index (χ2n) is 6.03. The van der Waals surface area contributed by atoms with Crippen molar-refractivity contribution in [2.45, 2.75) is 64.7 Å². The minimum absolute atomic E-state index is 0.201. The fraction of sp³-hybridized carbons (Fsp3) is 0.667. The van der Waals surface area contributed by atoms with E-state index in [1.165, 1.54) is 18.4 Å². The molecule has 3 nitrogen and oxygen atoms in total. The maximum Gasteiger partial charge on any atom is 0.124 e. The van der Waals surface area contributed by atoms with E-state index >= 15 is 0 Å². The molecule has 2 atom stereocenters. The van der Waals surface area contributed by atoms with Crippen LogP contribution in [0.4, 0.5) is 0 Å². The average Bonchev–Trinajstić information content (AvgIpc) is 2.97. The third-order valence-corrected chi connectivity index (χ3v) is 3.91. The van der Waals surface area contributed by atoms with Gasteiger partial charge in [0.05, 0.1) is 12.2 Å². The molecule has 1 saturated heterocycles. The summed E-state index contributed by atoms with van der Waals surface area (Å²) in [6.07, 6.45) is 5.29. The Morgan fingerprint density at radius 1 is 1.33 bits per heavy atom. The van der Waals surface area contributed by atoms with Crippen LogP contribution in [-0.2, 0) is 4.74 Å². The Balaban J connectivity index is 2.05. The lowest BCUT2D eigenvalue weighted by Gasteiger charge is -2.23. The van der Waals surface area contributed by atoms with E-state index in [0.717, 1.165) is 31.7 Å². The fourth-order valence-electron chi connectivity index (χ4n) is 2.97. The molecule has 1 aliphatic heterocycles. The van der Waals surface area contributed by atoms with Crippen LogP contribution >= 0.6 is 0 Å². The van der Waals surface area contributed by atoms with Gasteiger partial charge in [0.2, 0.25) is 0 Å². The highest BCUT2D eigenvalue weighted by atomic mass is 16.5. The molecule has 2 unspecified atom stereocenters. The summed E-state index contributed by atoms with van der Waals surface area (Å²) >= 11 is 0. The summed E-state index contributed by atoms with van der Waals surface area (Å²) in [7, 11) is 0. The van der Waals surface area contributed by atoms with Crippen molar-refractivity contribution < 1.29 is 9.47 Å². The number of nitrogens with one attached hydrogen (secondary N) is 1. The quantitative estimate of drug-likeness (QED) is 0.782. The van der Waals surface area contributed by atoms with Crippen molar-refractivity contribution in [1.82, 2.24) is 5.32 Å². The fourth-order valence-corrected chi connectivity index (χ4v) is 2.97. The summed E-state index contributed by atoms with van der Waals surface area (Å²) in [5, 5.41) is 3.60. The van der Waals surface area contributed by atoms with Gasteiger partial charge in [0.15, 0.2) is 0 Å². The van der Waals surface area contributed by atoms with Gasteiger partial charge in [-0.2, -0.15) is 0 Å². The van der Waals surface area contributed by atoms with Crippen molar-refractivity contribution in [3.63, 3.8) is 0 Å². The zero-order chi connectivity index (χ0) is 15.1. The Bertz CT molecular complexity index is 413. The molecule has 1 aromatic carbocycles. The van der Waals surface area contributed by atoms with Crippen LogP contribution in [0.15, 0.2) is 24.3 Å². The zero-order valence-electron chi connectivity index (χ0n) is 13.6. The first-order chi connectivity index (χ1) is 10.2. The molecule has 0 bridgehead atoms. The van der Waals surface area contributed by atoms with Gasteiger partial charge in [-0.05, 0) is 52.1 Å². The summed E-state index contributed by atoms with van der Waals surface area (Å²) in [4.78, 5) is 0. The summed E-state index contributed by atoms with van der Waals surface area (Å²) in [5.74, 6) is 1.01. The minimum atomic E-state index is 0.201. The Kier molecular flexibility index (Phi) is 6.52. The van der Waals surface area contributed by atoms with E-state index < -0.39 is 0 Å². The predicted octanol–water partition coefficient (Wildman–Crippen LogP) is 4.08. The topological polar surface area (TPSA) is 30.5 Å². The SMILES string of the molecule is CCNC(CCC1CCCO1)c1ccccc1OC(C)C. The molecular weight excluding hydrogens is 262 g/mol. The van der Waals surface area contributed by atoms with Gasteiger partial charge in [0, 0.05) is 18.2 Å². The molecule has 0 aliphatic carbocycles. The molecule has 1 fully saturated rings. The second kappa shape index (κ2) is 8.40. The largest absolute Gasteiger partial charge is 0.491 e. The van der Waals surface area contributed by atoms with Gasteiger partial charge in [0.1, 0.15) is 5.75 Å². The van der Waals surface area contributed by atoms with Crippen LogP contribution < -0.4 is 10.1 Å². The summed E-state index contributed by atoms with van der Waals surface area (Å²) in [6, 6.07) is 8.74. The van der Waals surface area contributed by atoms with Crippen LogP contribution in [0.3, 0.4) is 0 Å². The maximum absolute atomic E-state index is 5.97. The second-order valence-corrected chi connectivity index (χ2v) is 6.03. The first-order valence-corrected chi connectivity index (χ1v) is 8.31. The van der Waals surface area contributed by atoms with Crippen molar-refractivity contribution in [2.24, 2.45) is 0 Å². The molecule has 0 amide bonds. The third kappa shape index (κ3) is 5.01. The van der Waals surface area contributed by atoms with E-state index in [0.29, 0.717) is 12.1 Å². The van der Waals surface area contributed by atoms with E-state index in [1.54, 1.807) is 0 Å². The first-order valence-electron chi connectivity index (χ1n) is 8.31. The molecule has 21 heavy (non-hydrogen) atoms. The molecule has 0 radical (unpaired) electrons. The van der Waals surface area contributed by atoms with E-state index in [1.807, 2.05) is 6.07 Å². The minimum Gasteiger partial charge on any atom is -0.491 e. The van der Waals surface area contributed by atoms with Gasteiger partial charge < -0.3 is 14.8 Å². The van der Waals surface area contributed by atoms with Gasteiger partial charge in [0.25, 0.3) is 0 Å². The zero-order valence-corrected chi connectivity index (χ0v) is 13.6. The molecule has 0 aromatic heterocycles. The Morgan fingerprint density at radius 2 is 2.14 bits per heavy atom. The van der Waals surface area contributed by atoms with Crippen molar-refractivity contribution in [3.05, 3.63) is 29.8 Å². The maximum atomic E-state index is 5.97. The molecule has 0 saturated carbocycles. The van der Waals surface area contributed by atoms with E-state index in [2.05, 4.69) is 44.3 Å². The van der Waals surface area contributed by atoms with Gasteiger partial charge in [-0.3, -0.25) is 0 Å². The highest BCUT2D eigenvalue weighted by Gasteiger charge is 2.20. The number of para-hydroxylation sites is 1. The van der Waals surface area contributed by atoms with Gasteiger partial charge in [-0.25, -0.2) is 0 Å². The number of hydrogen-bond acceptors (Lipinski definition) is 3. The van der Waals surface area contributed by atoms with Gasteiger partial charge in [-0.1, -0.05) is 25.1 Å². The monoisotopic (exact) mass is 291 g/mol. The molecule has 0 spiro atoms. The van der Waals surface area contributed by atoms with Gasteiger partial charge in [-0.15, -0.1) is 0 Å². The number of hydrogen-bond donors (Lipinski definition) is 1. The number of benzene rings is 1. The molecule has 1 N–H and O–H groups in total. The Morgan fingerprint density at radius 3 is 2.81 bits per heavy atom. The lowest BCUT2D eigenvalue weighted by Crippen LogP contribution is -2.23. The first kappa shape index (κ1) is 16.3. The van der Waals surface area contributed by atoms with E-state index in [9.17, 15) is 0 Å². The normalized spacial score (nSPS) is 19.9. The standard InChI is InChI=1S/C18H29NO2/c1-4-19-17(12-11-15-8-7-13-20-15)16-9-5-6-10-18(16)21-14(2)3/h5-6,9-10,14-15,17,19H,4,7-8,11-13H2,1-3H3. The van der Waals surface area contributed by atoms with E-state index in [4.69, 9.17) is 9.47 Å². The number of ether oxygens (including phenoxy) is 2. The third-order valence-electron chi connectivity index (χ3n) is 3.91. The molecule has 3 heteroatoms. The Labute approximate surface area is 129 Å². The number of rotatable bonds is 8. The van der Waals surface area contributed by atoms with Crippen LogP contribution in [0, 0.1) is 0 Å². The Hall–Kier alpha value is -1.06. The predicted molar refractivity (Wildman–Crippen MR) is 86.8 cm³/mol. The van der Waals surface area contributed by atoms with Crippen LogP contribution in [0.5, 0.6) is 5.75 Å². The van der Waals surface area contributed by atoms with Crippen molar-refractivity contribution in [3.8, 4) is 5.75 Å². The highest BCUT2D eigenvalue weighted by Crippen LogP contribution is 2.30. The van der Waals surface area contributed by atoms with Crippen molar-refractivity contribution in [2.75, 3.05) is 13.2 Å². The van der Waals surface area contributed by atoms with Crippen molar-refractivity contribution >= 4 is 0 Å². The molecular formula is C18H29NO2. The summed E-state index contributed by atoms with van der Waals surface area (Å²) in [6.45, 7) is 8.21. The lowest BCUT2D eigenvalue weighted by molar-refractivity contribution is 0.0994. The highest BCUT2D eigenvalue weighted by molar-refractivity contribution is 5.36. The molecule has 118 valence electrons. The van der Waals surface area contributed by atoms with Gasteiger partial charge >= 0.3 is 0 Å². The van der Waals surface area contributed by atoms with Crippen LogP contribution in [0.1, 0.15) is 58.1 Å². The molecule has 1 aromatic rings. The van der Waals surface area contributed by atoms with Crippen LogP contribution in [0.2, 0.25) is 0 Å². The summed E-state index contributed by atoms with van der Waals surface area (Å²) < 4.78 is 11.7. The average molecular weight is 291 g/mol. The molecule has 1 aliphatic rings. The smallest absolute Gasteiger partial charge is 0.124 e. The molecule has 2 rings (SSSR count). The van der Waals surface area contributed by atoms with E-state index in [-0.39, 0.29) is 6.10 Å². The van der Waals surface area contributed by atoms with Crippen LogP contribution in [-0.4, -0.2) is 25.4 Å². The van der Waals surface area contributed by atoms with Crippen molar-refractivity contribution in [1.29, 1.82) is 0 Å². The lowest BCUT2D eigenvalue weighted by atomic mass is 9.98. The molecule has 1 heterocycles. The summed E-state index contributed by atoms with van der Waals surface area (Å²) in [5.41, 5.74) is 1.27. The van der Waals surface area contributed by atoms with Crippen LogP contribution in [0.25, 0.3) is 0 Å².